The van der Waals surface area contributed by atoms with Gasteiger partial charge in [0.25, 0.3) is 0 Å². The summed E-state index contributed by atoms with van der Waals surface area (Å²) in [6, 6.07) is 2.25. The van der Waals surface area contributed by atoms with Crippen LogP contribution in [-0.4, -0.2) is 25.0 Å². The Morgan fingerprint density at radius 1 is 1.75 bits per heavy atom. The molecule has 0 unspecified atom stereocenters. The van der Waals surface area contributed by atoms with Gasteiger partial charge in [0, 0.05) is 6.54 Å². The predicted molar refractivity (Wildman–Crippen MR) is 31.2 cm³/mol. The molecule has 0 aliphatic carbocycles. The topological polar surface area (TPSA) is 27.0 Å². The van der Waals surface area contributed by atoms with Crippen molar-refractivity contribution in [1.29, 1.82) is 5.26 Å². The molecule has 0 amide bonds. The van der Waals surface area contributed by atoms with Crippen molar-refractivity contribution in [2.75, 3.05) is 20.1 Å². The Bertz CT molecular complexity index is 114. The SMILES string of the molecule is CN1CC[C@H](C#N)C1. The van der Waals surface area contributed by atoms with Gasteiger partial charge < -0.3 is 4.90 Å². The fourth-order valence-electron chi connectivity index (χ4n) is 1.04. The van der Waals surface area contributed by atoms with Gasteiger partial charge >= 0.3 is 0 Å². The summed E-state index contributed by atoms with van der Waals surface area (Å²) in [5, 5.41) is 8.41. The smallest absolute Gasteiger partial charge is 0.0669 e. The lowest BCUT2D eigenvalue weighted by molar-refractivity contribution is 0.409. The monoisotopic (exact) mass is 110 g/mol. The minimum Gasteiger partial charge on any atom is -0.305 e. The molecule has 8 heavy (non-hydrogen) atoms. The standard InChI is InChI=1S/C6H10N2/c1-8-3-2-6(4-7)5-8/h6H,2-3,5H2,1H3/t6-/m1/s1. The number of hydrogen-bond acceptors (Lipinski definition) is 2. The molecule has 2 nitrogen and oxygen atoms in total. The lowest BCUT2D eigenvalue weighted by Crippen LogP contribution is -2.13. The van der Waals surface area contributed by atoms with Crippen LogP contribution in [0.5, 0.6) is 0 Å². The van der Waals surface area contributed by atoms with Gasteiger partial charge in [0.1, 0.15) is 0 Å². The van der Waals surface area contributed by atoms with E-state index in [0.29, 0.717) is 5.92 Å². The van der Waals surface area contributed by atoms with Crippen molar-refractivity contribution in [2.24, 2.45) is 5.92 Å². The largest absolute Gasteiger partial charge is 0.305 e. The molecule has 0 N–H and O–H groups in total. The van der Waals surface area contributed by atoms with Crippen LogP contribution < -0.4 is 0 Å². The normalized spacial score (nSPS) is 30.2. The second-order valence-electron chi connectivity index (χ2n) is 2.38. The molecule has 0 aromatic carbocycles. The van der Waals surface area contributed by atoms with Crippen LogP contribution in [0, 0.1) is 17.2 Å². The summed E-state index contributed by atoms with van der Waals surface area (Å²) in [6.07, 6.45) is 1.06. The van der Waals surface area contributed by atoms with Crippen LogP contribution in [0.2, 0.25) is 0 Å². The van der Waals surface area contributed by atoms with Crippen molar-refractivity contribution >= 4 is 0 Å². The van der Waals surface area contributed by atoms with E-state index in [1.807, 2.05) is 0 Å². The Hall–Kier alpha value is -0.550. The molecular weight excluding hydrogens is 100 g/mol. The van der Waals surface area contributed by atoms with Gasteiger partial charge in [-0.05, 0) is 20.0 Å². The second-order valence-corrected chi connectivity index (χ2v) is 2.38. The van der Waals surface area contributed by atoms with Gasteiger partial charge in [-0.2, -0.15) is 5.26 Å². The molecule has 2 heteroatoms. The van der Waals surface area contributed by atoms with E-state index < -0.39 is 0 Å². The highest BCUT2D eigenvalue weighted by Gasteiger charge is 2.17. The highest BCUT2D eigenvalue weighted by atomic mass is 15.1. The van der Waals surface area contributed by atoms with Gasteiger partial charge in [0.15, 0.2) is 0 Å². The van der Waals surface area contributed by atoms with Crippen molar-refractivity contribution in [2.45, 2.75) is 6.42 Å². The average molecular weight is 110 g/mol. The molecule has 1 fully saturated rings. The number of nitrogens with zero attached hydrogens (tertiary/aromatic N) is 2. The van der Waals surface area contributed by atoms with Gasteiger partial charge in [-0.3, -0.25) is 0 Å². The van der Waals surface area contributed by atoms with E-state index in [0.717, 1.165) is 19.5 Å². The number of likely N-dealkylation sites (tertiary alicyclic amines) is 1. The van der Waals surface area contributed by atoms with Crippen LogP contribution >= 0.6 is 0 Å². The summed E-state index contributed by atoms with van der Waals surface area (Å²) < 4.78 is 0. The van der Waals surface area contributed by atoms with Gasteiger partial charge in [-0.1, -0.05) is 0 Å². The molecule has 0 spiro atoms. The summed E-state index contributed by atoms with van der Waals surface area (Å²) in [7, 11) is 2.05. The quantitative estimate of drug-likeness (QED) is 0.453. The van der Waals surface area contributed by atoms with Crippen LogP contribution in [0.1, 0.15) is 6.42 Å². The predicted octanol–water partition coefficient (Wildman–Crippen LogP) is 0.462. The van der Waals surface area contributed by atoms with E-state index in [4.69, 9.17) is 5.26 Å². The van der Waals surface area contributed by atoms with E-state index in [9.17, 15) is 0 Å². The maximum Gasteiger partial charge on any atom is 0.0669 e. The van der Waals surface area contributed by atoms with Crippen LogP contribution in [0.3, 0.4) is 0 Å². The van der Waals surface area contributed by atoms with E-state index in [1.54, 1.807) is 0 Å². The molecule has 1 heterocycles. The minimum absolute atomic E-state index is 0.306. The first-order chi connectivity index (χ1) is 3.83. The third kappa shape index (κ3) is 0.988. The summed E-state index contributed by atoms with van der Waals surface area (Å²) in [6.45, 7) is 2.06. The van der Waals surface area contributed by atoms with Crippen LogP contribution in [-0.2, 0) is 0 Å². The zero-order chi connectivity index (χ0) is 5.98. The molecule has 1 aliphatic heterocycles. The zero-order valence-electron chi connectivity index (χ0n) is 5.09. The van der Waals surface area contributed by atoms with Crippen LogP contribution in [0.15, 0.2) is 0 Å². The lowest BCUT2D eigenvalue weighted by atomic mass is 10.1. The minimum atomic E-state index is 0.306. The number of hydrogen-bond donors (Lipinski definition) is 0. The summed E-state index contributed by atoms with van der Waals surface area (Å²) >= 11 is 0. The molecule has 0 saturated carbocycles. The van der Waals surface area contributed by atoms with Crippen molar-refractivity contribution < 1.29 is 0 Å². The van der Waals surface area contributed by atoms with Gasteiger partial charge in [-0.15, -0.1) is 0 Å². The van der Waals surface area contributed by atoms with Crippen LogP contribution in [0.4, 0.5) is 0 Å². The average Bonchev–Trinajstić information content (AvgIpc) is 2.14. The summed E-state index contributed by atoms with van der Waals surface area (Å²) in [5.41, 5.74) is 0. The molecule has 0 aromatic heterocycles. The Morgan fingerprint density at radius 3 is 2.75 bits per heavy atom. The molecule has 1 atom stereocenters. The Labute approximate surface area is 49.7 Å². The first kappa shape index (κ1) is 5.58. The van der Waals surface area contributed by atoms with Gasteiger partial charge in [0.2, 0.25) is 0 Å². The molecule has 1 saturated heterocycles. The Morgan fingerprint density at radius 2 is 2.50 bits per heavy atom. The summed E-state index contributed by atoms with van der Waals surface area (Å²) in [4.78, 5) is 2.19. The third-order valence-electron chi connectivity index (χ3n) is 1.57. The highest BCUT2D eigenvalue weighted by Crippen LogP contribution is 2.11. The lowest BCUT2D eigenvalue weighted by Gasteiger charge is -2.02. The Kier molecular flexibility index (Phi) is 1.50. The molecular formula is C6H10N2. The highest BCUT2D eigenvalue weighted by molar-refractivity contribution is 4.89. The van der Waals surface area contributed by atoms with Crippen molar-refractivity contribution in [3.63, 3.8) is 0 Å². The molecule has 0 bridgehead atoms. The number of rotatable bonds is 0. The first-order valence-electron chi connectivity index (χ1n) is 2.91. The first-order valence-corrected chi connectivity index (χ1v) is 2.91. The van der Waals surface area contributed by atoms with Crippen molar-refractivity contribution in [3.8, 4) is 6.07 Å². The molecule has 0 radical (unpaired) electrons. The Balaban J connectivity index is 2.35. The maximum atomic E-state index is 8.41. The van der Waals surface area contributed by atoms with Crippen molar-refractivity contribution in [3.05, 3.63) is 0 Å². The molecule has 44 valence electrons. The summed E-state index contributed by atoms with van der Waals surface area (Å²) in [5.74, 6) is 0.306. The van der Waals surface area contributed by atoms with Gasteiger partial charge in [0.05, 0.1) is 12.0 Å². The van der Waals surface area contributed by atoms with Crippen molar-refractivity contribution in [1.82, 2.24) is 4.90 Å². The number of nitriles is 1. The fourth-order valence-corrected chi connectivity index (χ4v) is 1.04. The van der Waals surface area contributed by atoms with Crippen LogP contribution in [0.25, 0.3) is 0 Å². The van der Waals surface area contributed by atoms with E-state index in [2.05, 4.69) is 18.0 Å². The maximum absolute atomic E-state index is 8.41. The fraction of sp³-hybridized carbons (Fsp3) is 0.833. The zero-order valence-corrected chi connectivity index (χ0v) is 5.09. The third-order valence-corrected chi connectivity index (χ3v) is 1.57. The molecule has 1 aliphatic rings. The second kappa shape index (κ2) is 2.15. The molecule has 1 rings (SSSR count). The van der Waals surface area contributed by atoms with E-state index >= 15 is 0 Å². The van der Waals surface area contributed by atoms with Gasteiger partial charge in [-0.25, -0.2) is 0 Å². The van der Waals surface area contributed by atoms with E-state index in [1.165, 1.54) is 0 Å². The molecule has 0 aromatic rings. The van der Waals surface area contributed by atoms with E-state index in [-0.39, 0.29) is 0 Å².